The molecule has 7 heteroatoms. The first-order chi connectivity index (χ1) is 14.9. The SMILES string of the molecule is CCOc1ccccc1NC(=O)[C@@H](Cc1ccccc1)NS(=O)(=O)c1ccc(C)cc1. The molecule has 6 nitrogen and oxygen atoms in total. The van der Waals surface area contributed by atoms with Crippen molar-refractivity contribution in [2.45, 2.75) is 31.2 Å². The maximum absolute atomic E-state index is 13.1. The topological polar surface area (TPSA) is 84.5 Å². The highest BCUT2D eigenvalue weighted by molar-refractivity contribution is 7.89. The molecule has 1 amide bonds. The molecule has 0 unspecified atom stereocenters. The van der Waals surface area contributed by atoms with Crippen molar-refractivity contribution >= 4 is 21.6 Å². The second-order valence-electron chi connectivity index (χ2n) is 7.10. The number of rotatable bonds is 9. The first kappa shape index (κ1) is 22.5. The van der Waals surface area contributed by atoms with Gasteiger partial charge in [0.15, 0.2) is 0 Å². The number of nitrogens with one attached hydrogen (secondary N) is 2. The lowest BCUT2D eigenvalue weighted by Crippen LogP contribution is -2.45. The summed E-state index contributed by atoms with van der Waals surface area (Å²) in [7, 11) is -3.90. The van der Waals surface area contributed by atoms with Gasteiger partial charge in [0, 0.05) is 0 Å². The molecule has 2 N–H and O–H groups in total. The molecule has 0 saturated heterocycles. The van der Waals surface area contributed by atoms with Crippen LogP contribution in [0.25, 0.3) is 0 Å². The van der Waals surface area contributed by atoms with E-state index in [0.29, 0.717) is 18.0 Å². The van der Waals surface area contributed by atoms with Crippen LogP contribution < -0.4 is 14.8 Å². The van der Waals surface area contributed by atoms with Crippen LogP contribution in [0.2, 0.25) is 0 Å². The van der Waals surface area contributed by atoms with Crippen LogP contribution in [0.1, 0.15) is 18.1 Å². The third-order valence-electron chi connectivity index (χ3n) is 4.67. The van der Waals surface area contributed by atoms with Gasteiger partial charge >= 0.3 is 0 Å². The summed E-state index contributed by atoms with van der Waals surface area (Å²) >= 11 is 0. The number of hydrogen-bond donors (Lipinski definition) is 2. The first-order valence-corrected chi connectivity index (χ1v) is 11.5. The zero-order valence-corrected chi connectivity index (χ0v) is 18.4. The highest BCUT2D eigenvalue weighted by Gasteiger charge is 2.26. The monoisotopic (exact) mass is 438 g/mol. The minimum Gasteiger partial charge on any atom is -0.492 e. The van der Waals surface area contributed by atoms with Crippen LogP contribution in [-0.4, -0.2) is 27.0 Å². The maximum atomic E-state index is 13.1. The molecule has 0 radical (unpaired) electrons. The van der Waals surface area contributed by atoms with E-state index in [2.05, 4.69) is 10.0 Å². The van der Waals surface area contributed by atoms with Gasteiger partial charge in [-0.2, -0.15) is 4.72 Å². The van der Waals surface area contributed by atoms with E-state index in [9.17, 15) is 13.2 Å². The molecule has 0 aliphatic heterocycles. The molecule has 31 heavy (non-hydrogen) atoms. The van der Waals surface area contributed by atoms with Gasteiger partial charge < -0.3 is 10.1 Å². The molecule has 3 rings (SSSR count). The van der Waals surface area contributed by atoms with Gasteiger partial charge in [0.25, 0.3) is 0 Å². The number of para-hydroxylation sites is 2. The molecule has 0 aliphatic carbocycles. The fraction of sp³-hybridized carbons (Fsp3) is 0.208. The largest absolute Gasteiger partial charge is 0.492 e. The summed E-state index contributed by atoms with van der Waals surface area (Å²) in [4.78, 5) is 13.3. The number of ether oxygens (including phenoxy) is 1. The second kappa shape index (κ2) is 10.2. The predicted octanol–water partition coefficient (Wildman–Crippen LogP) is 3.92. The Morgan fingerprint density at radius 3 is 2.26 bits per heavy atom. The van der Waals surface area contributed by atoms with E-state index in [0.717, 1.165) is 11.1 Å². The summed E-state index contributed by atoms with van der Waals surface area (Å²) in [6, 6.07) is 21.8. The minimum absolute atomic E-state index is 0.110. The van der Waals surface area contributed by atoms with Crippen molar-refractivity contribution in [3.05, 3.63) is 90.0 Å². The lowest BCUT2D eigenvalue weighted by Gasteiger charge is -2.20. The molecule has 1 atom stereocenters. The Bertz CT molecular complexity index is 1110. The van der Waals surface area contributed by atoms with Gasteiger partial charge in [-0.1, -0.05) is 60.2 Å². The highest BCUT2D eigenvalue weighted by atomic mass is 32.2. The van der Waals surface area contributed by atoms with Crippen LogP contribution in [0.4, 0.5) is 5.69 Å². The number of carbonyl (C=O) groups excluding carboxylic acids is 1. The van der Waals surface area contributed by atoms with Gasteiger partial charge in [-0.15, -0.1) is 0 Å². The zero-order valence-electron chi connectivity index (χ0n) is 17.5. The summed E-state index contributed by atoms with van der Waals surface area (Å²) < 4.78 is 34.0. The summed E-state index contributed by atoms with van der Waals surface area (Å²) in [6.45, 7) is 4.18. The van der Waals surface area contributed by atoms with Crippen molar-refractivity contribution in [1.82, 2.24) is 4.72 Å². The van der Waals surface area contributed by atoms with Crippen molar-refractivity contribution < 1.29 is 17.9 Å². The second-order valence-corrected chi connectivity index (χ2v) is 8.81. The molecule has 0 saturated carbocycles. The highest BCUT2D eigenvalue weighted by Crippen LogP contribution is 2.24. The van der Waals surface area contributed by atoms with Crippen molar-refractivity contribution in [1.29, 1.82) is 0 Å². The van der Waals surface area contributed by atoms with Crippen molar-refractivity contribution in [2.24, 2.45) is 0 Å². The number of hydrogen-bond acceptors (Lipinski definition) is 4. The van der Waals surface area contributed by atoms with E-state index >= 15 is 0 Å². The van der Waals surface area contributed by atoms with Gasteiger partial charge in [0.05, 0.1) is 17.2 Å². The lowest BCUT2D eigenvalue weighted by molar-refractivity contribution is -0.117. The fourth-order valence-electron chi connectivity index (χ4n) is 3.08. The average molecular weight is 439 g/mol. The summed E-state index contributed by atoms with van der Waals surface area (Å²) in [6.07, 6.45) is 0.203. The molecule has 3 aromatic carbocycles. The Labute approximate surface area is 183 Å². The minimum atomic E-state index is -3.90. The standard InChI is InChI=1S/C24H26N2O4S/c1-3-30-23-12-8-7-11-21(23)25-24(27)22(17-19-9-5-4-6-10-19)26-31(28,29)20-15-13-18(2)14-16-20/h4-16,22,26H,3,17H2,1-2H3,(H,25,27)/t22-/m1/s1. The van der Waals surface area contributed by atoms with Gasteiger partial charge in [-0.05, 0) is 50.1 Å². The van der Waals surface area contributed by atoms with E-state index in [-0.39, 0.29) is 11.3 Å². The third-order valence-corrected chi connectivity index (χ3v) is 6.16. The molecule has 0 bridgehead atoms. The quantitative estimate of drug-likeness (QED) is 0.530. The van der Waals surface area contributed by atoms with Crippen LogP contribution in [0.15, 0.2) is 83.8 Å². The van der Waals surface area contributed by atoms with Crippen molar-refractivity contribution in [2.75, 3.05) is 11.9 Å². The number of carbonyl (C=O) groups is 1. The van der Waals surface area contributed by atoms with Crippen molar-refractivity contribution in [3.8, 4) is 5.75 Å². The Kier molecular flexibility index (Phi) is 7.44. The lowest BCUT2D eigenvalue weighted by atomic mass is 10.1. The molecule has 0 heterocycles. The van der Waals surface area contributed by atoms with E-state index < -0.39 is 22.0 Å². The van der Waals surface area contributed by atoms with Crippen LogP contribution >= 0.6 is 0 Å². The molecule has 162 valence electrons. The summed E-state index contributed by atoms with van der Waals surface area (Å²) in [5.41, 5.74) is 2.28. The number of aryl methyl sites for hydroxylation is 1. The zero-order chi connectivity index (χ0) is 22.3. The van der Waals surface area contributed by atoms with Crippen LogP contribution in [0.3, 0.4) is 0 Å². The van der Waals surface area contributed by atoms with Gasteiger partial charge in [-0.25, -0.2) is 8.42 Å². The van der Waals surface area contributed by atoms with E-state index in [1.54, 1.807) is 30.3 Å². The normalized spacial score (nSPS) is 12.2. The average Bonchev–Trinajstić information content (AvgIpc) is 2.76. The van der Waals surface area contributed by atoms with Crippen LogP contribution in [0.5, 0.6) is 5.75 Å². The van der Waals surface area contributed by atoms with E-state index in [1.807, 2.05) is 50.2 Å². The van der Waals surface area contributed by atoms with Gasteiger partial charge in [0.1, 0.15) is 11.8 Å². The van der Waals surface area contributed by atoms with Gasteiger partial charge in [-0.3, -0.25) is 4.79 Å². The molecular weight excluding hydrogens is 412 g/mol. The van der Waals surface area contributed by atoms with E-state index in [1.165, 1.54) is 12.1 Å². The Morgan fingerprint density at radius 1 is 0.935 bits per heavy atom. The van der Waals surface area contributed by atoms with Crippen LogP contribution in [-0.2, 0) is 21.2 Å². The molecular formula is C24H26N2O4S. The number of amides is 1. The number of anilines is 1. The van der Waals surface area contributed by atoms with Crippen LogP contribution in [0, 0.1) is 6.92 Å². The number of sulfonamides is 1. The molecule has 3 aromatic rings. The smallest absolute Gasteiger partial charge is 0.243 e. The molecule has 0 aromatic heterocycles. The third kappa shape index (κ3) is 6.16. The summed E-state index contributed by atoms with van der Waals surface area (Å²) in [5.74, 6) is 0.0601. The number of benzene rings is 3. The van der Waals surface area contributed by atoms with Crippen molar-refractivity contribution in [3.63, 3.8) is 0 Å². The first-order valence-electron chi connectivity index (χ1n) is 10.0. The Hall–Kier alpha value is -3.16. The molecule has 0 spiro atoms. The Balaban J connectivity index is 1.87. The Morgan fingerprint density at radius 2 is 1.58 bits per heavy atom. The van der Waals surface area contributed by atoms with Gasteiger partial charge in [0.2, 0.25) is 15.9 Å². The molecule has 0 fully saturated rings. The van der Waals surface area contributed by atoms with E-state index in [4.69, 9.17) is 4.74 Å². The summed E-state index contributed by atoms with van der Waals surface area (Å²) in [5, 5.41) is 2.81. The predicted molar refractivity (Wildman–Crippen MR) is 122 cm³/mol. The molecule has 0 aliphatic rings. The fourth-order valence-corrected chi connectivity index (χ4v) is 4.28. The maximum Gasteiger partial charge on any atom is 0.243 e.